The summed E-state index contributed by atoms with van der Waals surface area (Å²) in [6.07, 6.45) is 0.881. The molecular formula is C11H16N2O3S. The standard InChI is InChI=1S/C11H16N2O3S/c1-7-10(13-8(2)17-7)11(15)12-6-4-5-9(14)16-3/h4-6H2,1-3H3,(H,12,15). The number of carbonyl (C=O) groups is 2. The summed E-state index contributed by atoms with van der Waals surface area (Å²) in [6.45, 7) is 4.18. The molecule has 1 amide bonds. The Morgan fingerprint density at radius 1 is 1.41 bits per heavy atom. The lowest BCUT2D eigenvalue weighted by atomic mass is 10.3. The van der Waals surface area contributed by atoms with E-state index in [2.05, 4.69) is 15.0 Å². The fraction of sp³-hybridized carbons (Fsp3) is 0.545. The molecule has 0 aliphatic carbocycles. The van der Waals surface area contributed by atoms with E-state index >= 15 is 0 Å². The van der Waals surface area contributed by atoms with Crippen LogP contribution in [0.25, 0.3) is 0 Å². The molecule has 94 valence electrons. The highest BCUT2D eigenvalue weighted by atomic mass is 32.1. The molecule has 1 rings (SSSR count). The van der Waals surface area contributed by atoms with Gasteiger partial charge in [-0.05, 0) is 20.3 Å². The monoisotopic (exact) mass is 256 g/mol. The van der Waals surface area contributed by atoms with Crippen molar-refractivity contribution in [1.82, 2.24) is 10.3 Å². The lowest BCUT2D eigenvalue weighted by molar-refractivity contribution is -0.140. The quantitative estimate of drug-likeness (QED) is 0.639. The summed E-state index contributed by atoms with van der Waals surface area (Å²) in [4.78, 5) is 27.6. The van der Waals surface area contributed by atoms with E-state index in [9.17, 15) is 9.59 Å². The van der Waals surface area contributed by atoms with Crippen molar-refractivity contribution in [2.75, 3.05) is 13.7 Å². The molecule has 1 N–H and O–H groups in total. The second kappa shape index (κ2) is 6.34. The van der Waals surface area contributed by atoms with Gasteiger partial charge < -0.3 is 10.1 Å². The molecule has 1 aromatic heterocycles. The number of rotatable bonds is 5. The first-order valence-corrected chi connectivity index (χ1v) is 6.15. The van der Waals surface area contributed by atoms with Crippen LogP contribution in [0.3, 0.4) is 0 Å². The van der Waals surface area contributed by atoms with Gasteiger partial charge in [-0.15, -0.1) is 11.3 Å². The van der Waals surface area contributed by atoms with E-state index in [-0.39, 0.29) is 11.9 Å². The Labute approximate surface area is 104 Å². The minimum absolute atomic E-state index is 0.184. The summed E-state index contributed by atoms with van der Waals surface area (Å²) < 4.78 is 4.50. The minimum Gasteiger partial charge on any atom is -0.469 e. The van der Waals surface area contributed by atoms with Crippen molar-refractivity contribution in [3.8, 4) is 0 Å². The normalized spacial score (nSPS) is 10.1. The van der Waals surface area contributed by atoms with Gasteiger partial charge in [0.2, 0.25) is 0 Å². The Kier molecular flexibility index (Phi) is 5.09. The summed E-state index contributed by atoms with van der Waals surface area (Å²) in [6, 6.07) is 0. The number of carbonyl (C=O) groups excluding carboxylic acids is 2. The SMILES string of the molecule is COC(=O)CCCNC(=O)c1nc(C)sc1C. The van der Waals surface area contributed by atoms with E-state index in [1.807, 2.05) is 13.8 Å². The molecule has 0 spiro atoms. The van der Waals surface area contributed by atoms with Crippen LogP contribution in [-0.2, 0) is 9.53 Å². The van der Waals surface area contributed by atoms with E-state index in [0.29, 0.717) is 25.1 Å². The molecule has 0 fully saturated rings. The van der Waals surface area contributed by atoms with Crippen LogP contribution in [0.15, 0.2) is 0 Å². The minimum atomic E-state index is -0.264. The average molecular weight is 256 g/mol. The topological polar surface area (TPSA) is 68.3 Å². The maximum atomic E-state index is 11.7. The molecule has 0 aromatic carbocycles. The van der Waals surface area contributed by atoms with Gasteiger partial charge in [-0.3, -0.25) is 9.59 Å². The second-order valence-electron chi connectivity index (χ2n) is 3.57. The van der Waals surface area contributed by atoms with Crippen LogP contribution in [-0.4, -0.2) is 30.5 Å². The highest BCUT2D eigenvalue weighted by Gasteiger charge is 2.13. The fourth-order valence-corrected chi connectivity index (χ4v) is 2.18. The summed E-state index contributed by atoms with van der Waals surface area (Å²) in [5.41, 5.74) is 0.477. The highest BCUT2D eigenvalue weighted by molar-refractivity contribution is 7.11. The van der Waals surface area contributed by atoms with Crippen molar-refractivity contribution < 1.29 is 14.3 Å². The predicted molar refractivity (Wildman–Crippen MR) is 65.2 cm³/mol. The van der Waals surface area contributed by atoms with E-state index < -0.39 is 0 Å². The number of thiazole rings is 1. The van der Waals surface area contributed by atoms with Crippen molar-refractivity contribution in [3.63, 3.8) is 0 Å². The zero-order valence-corrected chi connectivity index (χ0v) is 11.0. The number of aromatic nitrogens is 1. The Hall–Kier alpha value is -1.43. The second-order valence-corrected chi connectivity index (χ2v) is 4.98. The Morgan fingerprint density at radius 2 is 2.12 bits per heavy atom. The van der Waals surface area contributed by atoms with Gasteiger partial charge in [-0.25, -0.2) is 4.98 Å². The third-order valence-electron chi connectivity index (χ3n) is 2.19. The predicted octanol–water partition coefficient (Wildman–Crippen LogP) is 1.44. The van der Waals surface area contributed by atoms with E-state index in [1.165, 1.54) is 18.4 Å². The van der Waals surface area contributed by atoms with Gasteiger partial charge in [0.1, 0.15) is 5.69 Å². The maximum absolute atomic E-state index is 11.7. The fourth-order valence-electron chi connectivity index (χ4n) is 1.36. The van der Waals surface area contributed by atoms with Gasteiger partial charge >= 0.3 is 5.97 Å². The average Bonchev–Trinajstić information content (AvgIpc) is 2.63. The smallest absolute Gasteiger partial charge is 0.305 e. The van der Waals surface area contributed by atoms with E-state index in [4.69, 9.17) is 0 Å². The van der Waals surface area contributed by atoms with Gasteiger partial charge in [0.15, 0.2) is 0 Å². The van der Waals surface area contributed by atoms with Crippen molar-refractivity contribution >= 4 is 23.2 Å². The van der Waals surface area contributed by atoms with Crippen LogP contribution < -0.4 is 5.32 Å². The van der Waals surface area contributed by atoms with Crippen molar-refractivity contribution in [1.29, 1.82) is 0 Å². The van der Waals surface area contributed by atoms with Crippen LogP contribution in [0.1, 0.15) is 33.2 Å². The largest absolute Gasteiger partial charge is 0.469 e. The van der Waals surface area contributed by atoms with Gasteiger partial charge in [0, 0.05) is 17.8 Å². The lowest BCUT2D eigenvalue weighted by Gasteiger charge is -2.03. The molecule has 0 bridgehead atoms. The van der Waals surface area contributed by atoms with Crippen LogP contribution in [0.4, 0.5) is 0 Å². The molecule has 0 saturated carbocycles. The number of hydrogen-bond donors (Lipinski definition) is 1. The molecule has 0 aliphatic heterocycles. The van der Waals surface area contributed by atoms with Crippen molar-refractivity contribution in [3.05, 3.63) is 15.6 Å². The molecule has 0 aliphatic rings. The van der Waals surface area contributed by atoms with Crippen LogP contribution in [0.2, 0.25) is 0 Å². The number of aryl methyl sites for hydroxylation is 2. The molecule has 1 aromatic rings. The van der Waals surface area contributed by atoms with Crippen LogP contribution in [0, 0.1) is 13.8 Å². The van der Waals surface area contributed by atoms with Gasteiger partial charge in [-0.1, -0.05) is 0 Å². The molecule has 0 unspecified atom stereocenters. The number of nitrogens with zero attached hydrogens (tertiary/aromatic N) is 1. The van der Waals surface area contributed by atoms with Crippen molar-refractivity contribution in [2.24, 2.45) is 0 Å². The van der Waals surface area contributed by atoms with Gasteiger partial charge in [0.25, 0.3) is 5.91 Å². The van der Waals surface area contributed by atoms with E-state index in [1.54, 1.807) is 0 Å². The van der Waals surface area contributed by atoms with Gasteiger partial charge in [0.05, 0.1) is 12.1 Å². The molecule has 17 heavy (non-hydrogen) atoms. The van der Waals surface area contributed by atoms with Crippen LogP contribution in [0.5, 0.6) is 0 Å². The number of hydrogen-bond acceptors (Lipinski definition) is 5. The maximum Gasteiger partial charge on any atom is 0.305 e. The Balaban J connectivity index is 2.35. The lowest BCUT2D eigenvalue weighted by Crippen LogP contribution is -2.25. The van der Waals surface area contributed by atoms with Crippen molar-refractivity contribution in [2.45, 2.75) is 26.7 Å². The zero-order valence-electron chi connectivity index (χ0n) is 10.2. The first-order valence-electron chi connectivity index (χ1n) is 5.33. The molecule has 6 heteroatoms. The summed E-state index contributed by atoms with van der Waals surface area (Å²) >= 11 is 1.50. The number of methoxy groups -OCH3 is 1. The summed E-state index contributed by atoms with van der Waals surface area (Å²) in [5, 5.41) is 3.61. The summed E-state index contributed by atoms with van der Waals surface area (Å²) in [5.74, 6) is -0.448. The molecule has 0 atom stereocenters. The Bertz CT molecular complexity index is 415. The molecule has 1 heterocycles. The first-order chi connectivity index (χ1) is 8.04. The number of amides is 1. The number of esters is 1. The van der Waals surface area contributed by atoms with E-state index in [0.717, 1.165) is 9.88 Å². The van der Waals surface area contributed by atoms with Crippen LogP contribution >= 0.6 is 11.3 Å². The number of ether oxygens (including phenoxy) is 1. The third kappa shape index (κ3) is 4.14. The highest BCUT2D eigenvalue weighted by Crippen LogP contribution is 2.15. The molecule has 0 saturated heterocycles. The number of nitrogens with one attached hydrogen (secondary N) is 1. The van der Waals surface area contributed by atoms with Gasteiger partial charge in [-0.2, -0.15) is 0 Å². The third-order valence-corrected chi connectivity index (χ3v) is 3.08. The summed E-state index contributed by atoms with van der Waals surface area (Å²) in [7, 11) is 1.35. The Morgan fingerprint density at radius 3 is 2.65 bits per heavy atom. The molecule has 0 radical (unpaired) electrons. The zero-order chi connectivity index (χ0) is 12.8. The molecule has 5 nitrogen and oxygen atoms in total. The first kappa shape index (κ1) is 13.6. The molecular weight excluding hydrogens is 240 g/mol.